The molecule has 0 bridgehead atoms. The third-order valence-corrected chi connectivity index (χ3v) is 4.25. The van der Waals surface area contributed by atoms with Crippen molar-refractivity contribution in [2.45, 2.75) is 50.8 Å². The van der Waals surface area contributed by atoms with Crippen molar-refractivity contribution in [1.29, 1.82) is 0 Å². The number of urea groups is 1. The first-order valence-electron chi connectivity index (χ1n) is 8.21. The average Bonchev–Trinajstić information content (AvgIpc) is 2.51. The number of aliphatic hydroxyl groups is 1. The van der Waals surface area contributed by atoms with Crippen molar-refractivity contribution in [1.82, 2.24) is 5.32 Å². The van der Waals surface area contributed by atoms with Crippen LogP contribution in [-0.2, 0) is 6.42 Å². The van der Waals surface area contributed by atoms with Crippen molar-refractivity contribution in [2.75, 3.05) is 11.9 Å². The number of nitrogens with one attached hydrogen (secondary N) is 2. The summed E-state index contributed by atoms with van der Waals surface area (Å²) >= 11 is 0. The van der Waals surface area contributed by atoms with Gasteiger partial charge in [0.05, 0.1) is 6.10 Å². The SMILES string of the molecule is O=C(NCC1CCCC(O)C1)Nc1ccccc1CCC(F)(F)F. The van der Waals surface area contributed by atoms with E-state index in [1.54, 1.807) is 24.3 Å². The number of anilines is 1. The fourth-order valence-electron chi connectivity index (χ4n) is 2.99. The normalized spacial score (nSPS) is 21.3. The van der Waals surface area contributed by atoms with E-state index in [1.807, 2.05) is 0 Å². The highest BCUT2D eigenvalue weighted by atomic mass is 19.4. The first-order chi connectivity index (χ1) is 11.3. The van der Waals surface area contributed by atoms with Gasteiger partial charge in [0.15, 0.2) is 0 Å². The molecule has 0 radical (unpaired) electrons. The second-order valence-electron chi connectivity index (χ2n) is 6.29. The van der Waals surface area contributed by atoms with Crippen molar-refractivity contribution in [3.63, 3.8) is 0 Å². The molecule has 1 aliphatic rings. The molecule has 2 amide bonds. The zero-order valence-corrected chi connectivity index (χ0v) is 13.4. The highest BCUT2D eigenvalue weighted by Gasteiger charge is 2.27. The molecule has 24 heavy (non-hydrogen) atoms. The summed E-state index contributed by atoms with van der Waals surface area (Å²) in [6.45, 7) is 0.452. The molecule has 134 valence electrons. The Morgan fingerprint density at radius 2 is 2.00 bits per heavy atom. The molecule has 1 aliphatic carbocycles. The Kier molecular flexibility index (Phi) is 6.48. The summed E-state index contributed by atoms with van der Waals surface area (Å²) in [6, 6.07) is 6.06. The maximum atomic E-state index is 12.4. The predicted octanol–water partition coefficient (Wildman–Crippen LogP) is 3.85. The number of alkyl halides is 3. The molecule has 1 aromatic rings. The molecule has 4 nitrogen and oxygen atoms in total. The van der Waals surface area contributed by atoms with Crippen LogP contribution in [0.15, 0.2) is 24.3 Å². The van der Waals surface area contributed by atoms with Crippen LogP contribution in [0.3, 0.4) is 0 Å². The molecule has 2 unspecified atom stereocenters. The zero-order valence-electron chi connectivity index (χ0n) is 13.4. The number of halogens is 3. The van der Waals surface area contributed by atoms with Crippen LogP contribution in [0, 0.1) is 5.92 Å². The van der Waals surface area contributed by atoms with E-state index in [0.717, 1.165) is 19.3 Å². The fraction of sp³-hybridized carbons (Fsp3) is 0.588. The molecule has 7 heteroatoms. The minimum absolute atomic E-state index is 0.172. The number of aryl methyl sites for hydroxylation is 1. The van der Waals surface area contributed by atoms with Gasteiger partial charge in [-0.05, 0) is 43.2 Å². The Morgan fingerprint density at radius 3 is 2.71 bits per heavy atom. The van der Waals surface area contributed by atoms with E-state index in [2.05, 4.69) is 10.6 Å². The number of carbonyl (C=O) groups excluding carboxylic acids is 1. The molecule has 0 heterocycles. The molecule has 0 aromatic heterocycles. The van der Waals surface area contributed by atoms with Crippen LogP contribution in [0.25, 0.3) is 0 Å². The first-order valence-corrected chi connectivity index (χ1v) is 8.21. The molecule has 2 rings (SSSR count). The van der Waals surface area contributed by atoms with Gasteiger partial charge in [0.2, 0.25) is 0 Å². The van der Waals surface area contributed by atoms with Gasteiger partial charge < -0.3 is 15.7 Å². The van der Waals surface area contributed by atoms with Crippen LogP contribution in [0.1, 0.15) is 37.7 Å². The quantitative estimate of drug-likeness (QED) is 0.760. The molecular weight excluding hydrogens is 321 g/mol. The van der Waals surface area contributed by atoms with Gasteiger partial charge in [0.25, 0.3) is 0 Å². The van der Waals surface area contributed by atoms with Gasteiger partial charge in [-0.3, -0.25) is 0 Å². The minimum Gasteiger partial charge on any atom is -0.393 e. The van der Waals surface area contributed by atoms with Crippen LogP contribution in [-0.4, -0.2) is 30.0 Å². The summed E-state index contributed by atoms with van der Waals surface area (Å²) in [5, 5.41) is 15.0. The Labute approximate surface area is 139 Å². The van der Waals surface area contributed by atoms with Gasteiger partial charge in [0, 0.05) is 18.7 Å². The predicted molar refractivity (Wildman–Crippen MR) is 85.8 cm³/mol. The number of aliphatic hydroxyl groups excluding tert-OH is 1. The summed E-state index contributed by atoms with van der Waals surface area (Å²) < 4.78 is 37.1. The largest absolute Gasteiger partial charge is 0.393 e. The number of hydrogen-bond acceptors (Lipinski definition) is 2. The summed E-state index contributed by atoms with van der Waals surface area (Å²) in [5.41, 5.74) is 0.848. The van der Waals surface area contributed by atoms with Crippen molar-refractivity contribution >= 4 is 11.7 Å². The van der Waals surface area contributed by atoms with E-state index >= 15 is 0 Å². The van der Waals surface area contributed by atoms with E-state index in [0.29, 0.717) is 24.2 Å². The van der Waals surface area contributed by atoms with E-state index in [-0.39, 0.29) is 18.4 Å². The summed E-state index contributed by atoms with van der Waals surface area (Å²) in [7, 11) is 0. The standard InChI is InChI=1S/C17H23F3N2O2/c18-17(19,20)9-8-13-5-1-2-7-15(13)22-16(24)21-11-12-4-3-6-14(23)10-12/h1-2,5,7,12,14,23H,3-4,6,8-11H2,(H2,21,22,24). The van der Waals surface area contributed by atoms with E-state index in [1.165, 1.54) is 0 Å². The molecule has 1 saturated carbocycles. The van der Waals surface area contributed by atoms with Crippen LogP contribution < -0.4 is 10.6 Å². The Hall–Kier alpha value is -1.76. The van der Waals surface area contributed by atoms with Crippen molar-refractivity contribution in [3.05, 3.63) is 29.8 Å². The van der Waals surface area contributed by atoms with Gasteiger partial charge in [-0.1, -0.05) is 24.6 Å². The smallest absolute Gasteiger partial charge is 0.389 e. The van der Waals surface area contributed by atoms with Gasteiger partial charge >= 0.3 is 12.2 Å². The van der Waals surface area contributed by atoms with Crippen LogP contribution >= 0.6 is 0 Å². The van der Waals surface area contributed by atoms with Gasteiger partial charge in [-0.25, -0.2) is 4.79 Å². The van der Waals surface area contributed by atoms with Crippen molar-refractivity contribution < 1.29 is 23.1 Å². The molecule has 0 spiro atoms. The number of carbonyl (C=O) groups is 1. The average molecular weight is 344 g/mol. The van der Waals surface area contributed by atoms with Crippen LogP contribution in [0.5, 0.6) is 0 Å². The number of amides is 2. The fourth-order valence-corrected chi connectivity index (χ4v) is 2.99. The molecule has 3 N–H and O–H groups in total. The van der Waals surface area contributed by atoms with E-state index in [4.69, 9.17) is 0 Å². The number of hydrogen-bond donors (Lipinski definition) is 3. The molecule has 0 saturated heterocycles. The second kappa shape index (κ2) is 8.37. The summed E-state index contributed by atoms with van der Waals surface area (Å²) in [6.07, 6.45) is -2.26. The summed E-state index contributed by atoms with van der Waals surface area (Å²) in [4.78, 5) is 12.0. The monoisotopic (exact) mass is 344 g/mol. The van der Waals surface area contributed by atoms with Gasteiger partial charge in [0.1, 0.15) is 0 Å². The molecule has 0 aliphatic heterocycles. The number of rotatable bonds is 5. The highest BCUT2D eigenvalue weighted by Crippen LogP contribution is 2.25. The van der Waals surface area contributed by atoms with E-state index in [9.17, 15) is 23.1 Å². The van der Waals surface area contributed by atoms with Crippen LogP contribution in [0.2, 0.25) is 0 Å². The topological polar surface area (TPSA) is 61.4 Å². The Morgan fingerprint density at radius 1 is 1.25 bits per heavy atom. The summed E-state index contributed by atoms with van der Waals surface area (Å²) in [5.74, 6) is 0.236. The van der Waals surface area contributed by atoms with Crippen molar-refractivity contribution in [2.24, 2.45) is 5.92 Å². The zero-order chi connectivity index (χ0) is 17.6. The molecule has 1 aromatic carbocycles. The van der Waals surface area contributed by atoms with Gasteiger partial charge in [-0.2, -0.15) is 13.2 Å². The second-order valence-corrected chi connectivity index (χ2v) is 6.29. The lowest BCUT2D eigenvalue weighted by Gasteiger charge is -2.26. The number of para-hydroxylation sites is 1. The molecular formula is C17H23F3N2O2. The minimum atomic E-state index is -4.23. The van der Waals surface area contributed by atoms with Gasteiger partial charge in [-0.15, -0.1) is 0 Å². The third-order valence-electron chi connectivity index (χ3n) is 4.25. The number of benzene rings is 1. The lowest BCUT2D eigenvalue weighted by molar-refractivity contribution is -0.133. The van der Waals surface area contributed by atoms with Crippen LogP contribution in [0.4, 0.5) is 23.7 Å². The maximum Gasteiger partial charge on any atom is 0.389 e. The highest BCUT2D eigenvalue weighted by molar-refractivity contribution is 5.90. The van der Waals surface area contributed by atoms with Crippen molar-refractivity contribution in [3.8, 4) is 0 Å². The molecule has 1 fully saturated rings. The Bertz CT molecular complexity index is 549. The maximum absolute atomic E-state index is 12.4. The Balaban J connectivity index is 1.84. The van der Waals surface area contributed by atoms with E-state index < -0.39 is 18.6 Å². The molecule has 2 atom stereocenters. The third kappa shape index (κ3) is 6.39. The lowest BCUT2D eigenvalue weighted by atomic mass is 9.87. The first kappa shape index (κ1) is 18.6. The lowest BCUT2D eigenvalue weighted by Crippen LogP contribution is -2.35.